The van der Waals surface area contributed by atoms with Gasteiger partial charge in [-0.1, -0.05) is 23.8 Å². The van der Waals surface area contributed by atoms with Crippen LogP contribution in [-0.2, 0) is 0 Å². The molecular weight excluding hydrogens is 232 g/mol. The number of benzene rings is 1. The summed E-state index contributed by atoms with van der Waals surface area (Å²) >= 11 is 0. The molecule has 1 aromatic carbocycles. The van der Waals surface area contributed by atoms with Crippen LogP contribution in [0, 0.1) is 6.92 Å². The Kier molecular flexibility index (Phi) is 4.85. The maximum Gasteiger partial charge on any atom is 0.0626 e. The topological polar surface area (TPSA) is 24.7 Å². The van der Waals surface area contributed by atoms with Crippen LogP contribution in [0.5, 0.6) is 0 Å². The summed E-state index contributed by atoms with van der Waals surface area (Å²) in [5.74, 6) is 0. The van der Waals surface area contributed by atoms with Gasteiger partial charge in [0.2, 0.25) is 0 Å². The van der Waals surface area contributed by atoms with Gasteiger partial charge in [-0.25, -0.2) is 0 Å². The van der Waals surface area contributed by atoms with Crippen LogP contribution in [0.15, 0.2) is 57.7 Å². The lowest BCUT2D eigenvalue weighted by molar-refractivity contribution is 0.926. The lowest BCUT2D eigenvalue weighted by Crippen LogP contribution is -1.91. The van der Waals surface area contributed by atoms with Crippen molar-refractivity contribution in [1.29, 1.82) is 0 Å². The highest BCUT2D eigenvalue weighted by atomic mass is 14.7. The normalized spacial score (nSPS) is 15.9. The molecule has 0 fully saturated rings. The average Bonchev–Trinajstić information content (AvgIpc) is 2.42. The van der Waals surface area contributed by atoms with Crippen molar-refractivity contribution < 1.29 is 0 Å². The lowest BCUT2D eigenvalue weighted by Gasteiger charge is -2.08. The molecule has 19 heavy (non-hydrogen) atoms. The van der Waals surface area contributed by atoms with Crippen molar-refractivity contribution >= 4 is 18.1 Å². The molecule has 0 aliphatic heterocycles. The molecule has 0 bridgehead atoms. The summed E-state index contributed by atoms with van der Waals surface area (Å²) in [7, 11) is 0. The molecule has 0 aromatic heterocycles. The predicted molar refractivity (Wildman–Crippen MR) is 83.5 cm³/mol. The van der Waals surface area contributed by atoms with E-state index in [1.165, 1.54) is 16.8 Å². The van der Waals surface area contributed by atoms with Gasteiger partial charge in [-0.15, -0.1) is 0 Å². The van der Waals surface area contributed by atoms with E-state index < -0.39 is 0 Å². The van der Waals surface area contributed by atoms with Gasteiger partial charge in [-0.3, -0.25) is 9.98 Å². The summed E-state index contributed by atoms with van der Waals surface area (Å²) < 4.78 is 0. The number of nitrogens with zero attached hydrogens (tertiary/aromatic N) is 2. The first-order chi connectivity index (χ1) is 9.28. The molecule has 0 unspecified atom stereocenters. The zero-order valence-electron chi connectivity index (χ0n) is 11.6. The van der Waals surface area contributed by atoms with Crippen molar-refractivity contribution in [2.45, 2.75) is 33.1 Å². The fraction of sp³-hybridized carbons (Fsp3) is 0.294. The maximum absolute atomic E-state index is 4.48. The number of rotatable bonds is 4. The molecular formula is C17H20N2. The Balaban J connectivity index is 1.95. The number of aryl methyl sites for hydroxylation is 1. The second-order valence-electron chi connectivity index (χ2n) is 4.69. The SMILES string of the molecule is C/C=N/C1=CC(C/C=N/c2ccc(C)cc2)=CCC1. The van der Waals surface area contributed by atoms with E-state index in [0.717, 1.165) is 24.9 Å². The van der Waals surface area contributed by atoms with E-state index >= 15 is 0 Å². The van der Waals surface area contributed by atoms with Gasteiger partial charge in [0.1, 0.15) is 0 Å². The summed E-state index contributed by atoms with van der Waals surface area (Å²) in [4.78, 5) is 8.84. The van der Waals surface area contributed by atoms with Crippen LogP contribution >= 0.6 is 0 Å². The van der Waals surface area contributed by atoms with Gasteiger partial charge < -0.3 is 0 Å². The van der Waals surface area contributed by atoms with E-state index in [2.05, 4.69) is 41.2 Å². The van der Waals surface area contributed by atoms with Crippen molar-refractivity contribution in [3.05, 3.63) is 53.3 Å². The molecule has 98 valence electrons. The molecule has 0 N–H and O–H groups in total. The Morgan fingerprint density at radius 2 is 1.95 bits per heavy atom. The minimum atomic E-state index is 0.872. The fourth-order valence-electron chi connectivity index (χ4n) is 2.05. The second-order valence-corrected chi connectivity index (χ2v) is 4.69. The number of allylic oxidation sites excluding steroid dienone is 4. The number of aliphatic imine (C=N–C) groups is 2. The smallest absolute Gasteiger partial charge is 0.0626 e. The summed E-state index contributed by atoms with van der Waals surface area (Å²) in [5, 5.41) is 0. The first-order valence-electron chi connectivity index (χ1n) is 6.75. The van der Waals surface area contributed by atoms with Crippen molar-refractivity contribution in [2.24, 2.45) is 9.98 Å². The van der Waals surface area contributed by atoms with Gasteiger partial charge >= 0.3 is 0 Å². The Labute approximate surface area is 115 Å². The monoisotopic (exact) mass is 252 g/mol. The van der Waals surface area contributed by atoms with Crippen LogP contribution in [-0.4, -0.2) is 12.4 Å². The second kappa shape index (κ2) is 6.83. The fourth-order valence-corrected chi connectivity index (χ4v) is 2.05. The van der Waals surface area contributed by atoms with Crippen molar-refractivity contribution in [3.63, 3.8) is 0 Å². The number of hydrogen-bond donors (Lipinski definition) is 0. The molecule has 0 saturated heterocycles. The van der Waals surface area contributed by atoms with Gasteiger partial charge in [0.15, 0.2) is 0 Å². The summed E-state index contributed by atoms with van der Waals surface area (Å²) in [6, 6.07) is 8.26. The quantitative estimate of drug-likeness (QED) is 0.689. The Morgan fingerprint density at radius 3 is 2.68 bits per heavy atom. The van der Waals surface area contributed by atoms with Crippen molar-refractivity contribution in [1.82, 2.24) is 0 Å². The highest BCUT2D eigenvalue weighted by Crippen LogP contribution is 2.20. The van der Waals surface area contributed by atoms with E-state index in [1.807, 2.05) is 31.5 Å². The molecule has 0 atom stereocenters. The lowest BCUT2D eigenvalue weighted by atomic mass is 10.0. The van der Waals surface area contributed by atoms with Crippen LogP contribution < -0.4 is 0 Å². The minimum Gasteiger partial charge on any atom is -0.266 e. The van der Waals surface area contributed by atoms with E-state index in [9.17, 15) is 0 Å². The molecule has 1 aliphatic carbocycles. The first kappa shape index (κ1) is 13.5. The molecule has 0 radical (unpaired) electrons. The van der Waals surface area contributed by atoms with Gasteiger partial charge in [0, 0.05) is 24.5 Å². The number of hydrogen-bond acceptors (Lipinski definition) is 2. The molecule has 2 rings (SSSR count). The summed E-state index contributed by atoms with van der Waals surface area (Å²) in [6.45, 7) is 4.04. The molecule has 0 saturated carbocycles. The van der Waals surface area contributed by atoms with Crippen molar-refractivity contribution in [3.8, 4) is 0 Å². The third-order valence-electron chi connectivity index (χ3n) is 3.06. The van der Waals surface area contributed by atoms with E-state index in [1.54, 1.807) is 0 Å². The maximum atomic E-state index is 4.48. The van der Waals surface area contributed by atoms with Gasteiger partial charge in [0.25, 0.3) is 0 Å². The van der Waals surface area contributed by atoms with E-state index in [0.29, 0.717) is 0 Å². The molecule has 1 aliphatic rings. The summed E-state index contributed by atoms with van der Waals surface area (Å²) in [5.41, 5.74) is 4.75. The van der Waals surface area contributed by atoms with Crippen LogP contribution in [0.4, 0.5) is 5.69 Å². The molecule has 2 nitrogen and oxygen atoms in total. The Morgan fingerprint density at radius 1 is 1.16 bits per heavy atom. The van der Waals surface area contributed by atoms with Crippen LogP contribution in [0.25, 0.3) is 0 Å². The molecule has 0 amide bonds. The van der Waals surface area contributed by atoms with Gasteiger partial charge in [0.05, 0.1) is 5.69 Å². The van der Waals surface area contributed by atoms with E-state index in [-0.39, 0.29) is 0 Å². The van der Waals surface area contributed by atoms with Crippen LogP contribution in [0.3, 0.4) is 0 Å². The zero-order valence-corrected chi connectivity index (χ0v) is 11.6. The van der Waals surface area contributed by atoms with Crippen LogP contribution in [0.2, 0.25) is 0 Å². The van der Waals surface area contributed by atoms with E-state index in [4.69, 9.17) is 0 Å². The molecule has 0 heterocycles. The standard InChI is InChI=1S/C17H20N2/c1-3-18-17-6-4-5-15(13-17)11-12-19-16-9-7-14(2)8-10-16/h3,5,7-10,12-13H,4,6,11H2,1-2H3/b18-3+,19-12+. The Bertz CT molecular complexity index is 531. The zero-order chi connectivity index (χ0) is 13.5. The minimum absolute atomic E-state index is 0.872. The highest BCUT2D eigenvalue weighted by Gasteiger charge is 2.02. The third-order valence-corrected chi connectivity index (χ3v) is 3.06. The summed E-state index contributed by atoms with van der Waals surface area (Å²) in [6.07, 6.45) is 11.3. The largest absolute Gasteiger partial charge is 0.266 e. The molecule has 0 spiro atoms. The van der Waals surface area contributed by atoms with Gasteiger partial charge in [-0.05, 0) is 50.5 Å². The highest BCUT2D eigenvalue weighted by molar-refractivity contribution is 5.67. The average molecular weight is 252 g/mol. The van der Waals surface area contributed by atoms with Gasteiger partial charge in [-0.2, -0.15) is 0 Å². The molecule has 2 heteroatoms. The predicted octanol–water partition coefficient (Wildman–Crippen LogP) is 4.78. The Hall–Kier alpha value is -1.96. The van der Waals surface area contributed by atoms with Crippen LogP contribution in [0.1, 0.15) is 31.7 Å². The van der Waals surface area contributed by atoms with Crippen molar-refractivity contribution in [2.75, 3.05) is 0 Å². The molecule has 1 aromatic rings. The third kappa shape index (κ3) is 4.32. The first-order valence-corrected chi connectivity index (χ1v) is 6.75.